The van der Waals surface area contributed by atoms with Crippen molar-refractivity contribution in [2.45, 2.75) is 18.7 Å². The third-order valence-electron chi connectivity index (χ3n) is 4.14. The van der Waals surface area contributed by atoms with Crippen molar-refractivity contribution in [2.24, 2.45) is 14.1 Å². The third kappa shape index (κ3) is 3.64. The predicted molar refractivity (Wildman–Crippen MR) is 105 cm³/mol. The first-order valence-electron chi connectivity index (χ1n) is 8.02. The number of aryl methyl sites for hydroxylation is 2. The molecule has 9 heteroatoms. The summed E-state index contributed by atoms with van der Waals surface area (Å²) in [4.78, 5) is 29.1. The van der Waals surface area contributed by atoms with Crippen molar-refractivity contribution in [1.29, 1.82) is 0 Å². The van der Waals surface area contributed by atoms with Crippen molar-refractivity contribution >= 4 is 38.9 Å². The van der Waals surface area contributed by atoms with Gasteiger partial charge in [0, 0.05) is 30.9 Å². The number of hydrogen-bond donors (Lipinski definition) is 0. The zero-order chi connectivity index (χ0) is 18.8. The van der Waals surface area contributed by atoms with Crippen LogP contribution in [0.4, 0.5) is 4.39 Å². The number of rotatable bonds is 6. The van der Waals surface area contributed by atoms with Gasteiger partial charge in [0.05, 0.1) is 6.33 Å². The van der Waals surface area contributed by atoms with E-state index in [9.17, 15) is 14.0 Å². The lowest BCUT2D eigenvalue weighted by atomic mass is 10.2. The first-order chi connectivity index (χ1) is 12.4. The highest BCUT2D eigenvalue weighted by Gasteiger charge is 2.14. The van der Waals surface area contributed by atoms with E-state index in [0.29, 0.717) is 24.1 Å². The second-order valence-electron chi connectivity index (χ2n) is 5.97. The van der Waals surface area contributed by atoms with Crippen LogP contribution in [0, 0.1) is 5.82 Å². The molecule has 26 heavy (non-hydrogen) atoms. The van der Waals surface area contributed by atoms with E-state index < -0.39 is 0 Å². The maximum absolute atomic E-state index is 13.1. The molecule has 0 unspecified atom stereocenters. The summed E-state index contributed by atoms with van der Waals surface area (Å²) in [6, 6.07) is 4.64. The molecule has 0 aliphatic carbocycles. The first kappa shape index (κ1) is 18.9. The zero-order valence-corrected chi connectivity index (χ0v) is 16.8. The number of nitrogens with zero attached hydrogens (tertiary/aromatic N) is 4. The van der Waals surface area contributed by atoms with E-state index in [0.717, 1.165) is 21.5 Å². The van der Waals surface area contributed by atoms with Gasteiger partial charge in [-0.1, -0.05) is 22.0 Å². The molecule has 0 fully saturated rings. The summed E-state index contributed by atoms with van der Waals surface area (Å²) in [5.74, 6) is 1.24. The van der Waals surface area contributed by atoms with Gasteiger partial charge >= 0.3 is 5.69 Å². The van der Waals surface area contributed by atoms with Crippen LogP contribution in [0.2, 0.25) is 0 Å². The molecule has 0 atom stereocenters. The van der Waals surface area contributed by atoms with Crippen molar-refractivity contribution in [3.05, 3.63) is 61.2 Å². The lowest BCUT2D eigenvalue weighted by molar-refractivity contribution is 0.594. The maximum Gasteiger partial charge on any atom is 0.332 e. The molecule has 0 bridgehead atoms. The molecule has 0 saturated heterocycles. The molecule has 2 heterocycles. The summed E-state index contributed by atoms with van der Waals surface area (Å²) in [5.41, 5.74) is 1.17. The topological polar surface area (TPSA) is 61.8 Å². The monoisotopic (exact) mass is 440 g/mol. The van der Waals surface area contributed by atoms with E-state index in [2.05, 4.69) is 20.9 Å². The van der Waals surface area contributed by atoms with Crippen LogP contribution in [-0.4, -0.2) is 24.4 Å². The van der Waals surface area contributed by atoms with Crippen molar-refractivity contribution in [3.8, 4) is 0 Å². The Morgan fingerprint density at radius 1 is 1.27 bits per heavy atom. The number of halogens is 2. The van der Waals surface area contributed by atoms with E-state index in [1.54, 1.807) is 36.5 Å². The minimum Gasteiger partial charge on any atom is -0.328 e. The third-order valence-corrected chi connectivity index (χ3v) is 5.97. The molecule has 0 amide bonds. The molecule has 0 saturated carbocycles. The first-order valence-corrected chi connectivity index (χ1v) is 9.97. The van der Waals surface area contributed by atoms with Crippen LogP contribution in [0.1, 0.15) is 12.0 Å². The molecule has 0 radical (unpaired) electrons. The standard InChI is InChI=1S/C17H18BrFN4O2S/c1-21-10-20-15-14(21)16(24)23(17(25)22(15)2)6-3-7-26-9-11-4-5-12(19)8-13(11)18/h4-5,8,10H,3,6-7,9H2,1-2H3. The summed E-state index contributed by atoms with van der Waals surface area (Å²) in [7, 11) is 3.36. The fourth-order valence-corrected chi connectivity index (χ4v) is 4.36. The van der Waals surface area contributed by atoms with Gasteiger partial charge < -0.3 is 4.57 Å². The quantitative estimate of drug-likeness (QED) is 0.552. The minimum absolute atomic E-state index is 0.272. The average Bonchev–Trinajstić information content (AvgIpc) is 2.99. The molecule has 2 aromatic heterocycles. The van der Waals surface area contributed by atoms with Crippen LogP contribution < -0.4 is 11.2 Å². The summed E-state index contributed by atoms with van der Waals surface area (Å²) < 4.78 is 18.1. The van der Waals surface area contributed by atoms with Gasteiger partial charge in [-0.05, 0) is 29.9 Å². The number of thioether (sulfide) groups is 1. The predicted octanol–water partition coefficient (Wildman–Crippen LogP) is 2.66. The minimum atomic E-state index is -0.354. The van der Waals surface area contributed by atoms with Crippen molar-refractivity contribution in [1.82, 2.24) is 18.7 Å². The number of imidazole rings is 1. The highest BCUT2D eigenvalue weighted by molar-refractivity contribution is 9.10. The normalized spacial score (nSPS) is 11.4. The molecule has 3 rings (SSSR count). The second kappa shape index (κ2) is 7.79. The lowest BCUT2D eigenvalue weighted by Gasteiger charge is -2.09. The summed E-state index contributed by atoms with van der Waals surface area (Å²) in [6.45, 7) is 0.351. The Hall–Kier alpha value is -1.87. The fourth-order valence-electron chi connectivity index (χ4n) is 2.74. The lowest BCUT2D eigenvalue weighted by Crippen LogP contribution is -2.39. The number of fused-ring (bicyclic) bond motifs is 1. The van der Waals surface area contributed by atoms with Gasteiger partial charge in [0.15, 0.2) is 11.2 Å². The van der Waals surface area contributed by atoms with Crippen LogP contribution >= 0.6 is 27.7 Å². The SMILES string of the molecule is Cn1cnc2c1c(=O)n(CCCSCc1ccc(F)cc1Br)c(=O)n2C. The van der Waals surface area contributed by atoms with E-state index in [4.69, 9.17) is 0 Å². The van der Waals surface area contributed by atoms with Gasteiger partial charge in [-0.3, -0.25) is 13.9 Å². The molecule has 3 aromatic rings. The molecule has 6 nitrogen and oxygen atoms in total. The molecule has 138 valence electrons. The highest BCUT2D eigenvalue weighted by Crippen LogP contribution is 2.23. The second-order valence-corrected chi connectivity index (χ2v) is 7.93. The molecule has 0 spiro atoms. The van der Waals surface area contributed by atoms with Crippen LogP contribution in [0.25, 0.3) is 11.2 Å². The Kier molecular flexibility index (Phi) is 5.67. The van der Waals surface area contributed by atoms with Gasteiger partial charge in [-0.2, -0.15) is 11.8 Å². The van der Waals surface area contributed by atoms with Crippen LogP contribution in [0.3, 0.4) is 0 Å². The zero-order valence-electron chi connectivity index (χ0n) is 14.4. The molecular weight excluding hydrogens is 423 g/mol. The van der Waals surface area contributed by atoms with Gasteiger partial charge in [-0.25, -0.2) is 14.2 Å². The van der Waals surface area contributed by atoms with E-state index in [1.807, 2.05) is 0 Å². The fraction of sp³-hybridized carbons (Fsp3) is 0.353. The highest BCUT2D eigenvalue weighted by atomic mass is 79.9. The number of aromatic nitrogens is 4. The summed E-state index contributed by atoms with van der Waals surface area (Å²) in [5, 5.41) is 0. The molecule has 0 aliphatic heterocycles. The largest absolute Gasteiger partial charge is 0.332 e. The Morgan fingerprint density at radius 2 is 2.04 bits per heavy atom. The van der Waals surface area contributed by atoms with Gasteiger partial charge in [-0.15, -0.1) is 0 Å². The van der Waals surface area contributed by atoms with Crippen LogP contribution in [-0.2, 0) is 26.4 Å². The van der Waals surface area contributed by atoms with E-state index in [1.165, 1.54) is 27.6 Å². The van der Waals surface area contributed by atoms with Gasteiger partial charge in [0.1, 0.15) is 5.82 Å². The Bertz CT molecular complexity index is 1070. The Balaban J connectivity index is 1.66. The van der Waals surface area contributed by atoms with Crippen molar-refractivity contribution in [2.75, 3.05) is 5.75 Å². The molecular formula is C17H18BrFN4O2S. The maximum atomic E-state index is 13.1. The van der Waals surface area contributed by atoms with E-state index in [-0.39, 0.29) is 17.1 Å². The molecule has 1 aromatic carbocycles. The average molecular weight is 441 g/mol. The summed E-state index contributed by atoms with van der Waals surface area (Å²) in [6.07, 6.45) is 2.22. The smallest absolute Gasteiger partial charge is 0.328 e. The number of benzene rings is 1. The molecule has 0 aliphatic rings. The number of hydrogen-bond acceptors (Lipinski definition) is 4. The van der Waals surface area contributed by atoms with Gasteiger partial charge in [0.2, 0.25) is 0 Å². The Morgan fingerprint density at radius 3 is 2.77 bits per heavy atom. The summed E-state index contributed by atoms with van der Waals surface area (Å²) >= 11 is 5.03. The van der Waals surface area contributed by atoms with Crippen molar-refractivity contribution in [3.63, 3.8) is 0 Å². The van der Waals surface area contributed by atoms with Crippen LogP contribution in [0.15, 0.2) is 38.6 Å². The Labute approximate surface area is 161 Å². The van der Waals surface area contributed by atoms with Gasteiger partial charge in [0.25, 0.3) is 5.56 Å². The van der Waals surface area contributed by atoms with Crippen molar-refractivity contribution < 1.29 is 4.39 Å². The molecule has 0 N–H and O–H groups in total. The van der Waals surface area contributed by atoms with Crippen LogP contribution in [0.5, 0.6) is 0 Å². The van der Waals surface area contributed by atoms with E-state index >= 15 is 0 Å².